The number of nitrogens with one attached hydrogen (secondary N) is 1. The Bertz CT molecular complexity index is 760. The van der Waals surface area contributed by atoms with E-state index in [2.05, 4.69) is 4.72 Å². The molecule has 1 N–H and O–H groups in total. The maximum atomic E-state index is 12.3. The van der Waals surface area contributed by atoms with Gasteiger partial charge in [-0.3, -0.25) is 0 Å². The van der Waals surface area contributed by atoms with Crippen molar-refractivity contribution in [3.63, 3.8) is 0 Å². The second-order valence-corrected chi connectivity index (χ2v) is 7.70. The summed E-state index contributed by atoms with van der Waals surface area (Å²) in [4.78, 5) is 0.267. The van der Waals surface area contributed by atoms with Gasteiger partial charge in [0.15, 0.2) is 0 Å². The number of hydrogen-bond donors (Lipinski definition) is 1. The van der Waals surface area contributed by atoms with Crippen LogP contribution in [0.4, 0.5) is 0 Å². The third-order valence-corrected chi connectivity index (χ3v) is 5.33. The first kappa shape index (κ1) is 18.9. The van der Waals surface area contributed by atoms with Gasteiger partial charge in [-0.2, -0.15) is 0 Å². The summed E-state index contributed by atoms with van der Waals surface area (Å²) in [6.45, 7) is 4.66. The molecule has 0 spiro atoms. The van der Waals surface area contributed by atoms with Crippen LogP contribution in [-0.4, -0.2) is 21.6 Å². The first-order chi connectivity index (χ1) is 11.4. The van der Waals surface area contributed by atoms with Crippen LogP contribution in [0, 0.1) is 6.92 Å². The second kappa shape index (κ2) is 8.62. The molecular formula is C18H22ClNO3S. The molecule has 0 radical (unpaired) electrons. The van der Waals surface area contributed by atoms with E-state index in [1.54, 1.807) is 30.3 Å². The summed E-state index contributed by atoms with van der Waals surface area (Å²) < 4.78 is 33.0. The van der Waals surface area contributed by atoms with Crippen molar-refractivity contribution in [1.82, 2.24) is 4.72 Å². The molecule has 1 unspecified atom stereocenters. The molecule has 2 aromatic carbocycles. The fraction of sp³-hybridized carbons (Fsp3) is 0.333. The van der Waals surface area contributed by atoms with Crippen molar-refractivity contribution in [2.75, 3.05) is 13.2 Å². The Labute approximate surface area is 148 Å². The zero-order chi connectivity index (χ0) is 17.6. The first-order valence-corrected chi connectivity index (χ1v) is 9.72. The summed E-state index contributed by atoms with van der Waals surface area (Å²) >= 11 is 6.02. The Morgan fingerprint density at radius 3 is 2.50 bits per heavy atom. The van der Waals surface area contributed by atoms with Crippen LogP contribution >= 0.6 is 11.6 Å². The topological polar surface area (TPSA) is 55.4 Å². The highest BCUT2D eigenvalue weighted by atomic mass is 35.5. The van der Waals surface area contributed by atoms with E-state index in [1.165, 1.54) is 0 Å². The van der Waals surface area contributed by atoms with Gasteiger partial charge in [-0.1, -0.05) is 41.4 Å². The van der Waals surface area contributed by atoms with Crippen LogP contribution in [-0.2, 0) is 14.8 Å². The van der Waals surface area contributed by atoms with Gasteiger partial charge in [0.2, 0.25) is 10.0 Å². The van der Waals surface area contributed by atoms with Gasteiger partial charge in [0.1, 0.15) is 0 Å². The molecule has 0 aromatic heterocycles. The maximum absolute atomic E-state index is 12.3. The standard InChI is InChI=1S/C18H22ClNO3S/c1-3-23-18(15-5-4-6-16(19)13-15)11-12-20-24(21,22)17-9-7-14(2)8-10-17/h4-10,13,18,20H,3,11-12H2,1-2H3. The molecule has 0 fully saturated rings. The lowest BCUT2D eigenvalue weighted by Crippen LogP contribution is -2.26. The van der Waals surface area contributed by atoms with Crippen LogP contribution in [0.25, 0.3) is 0 Å². The van der Waals surface area contributed by atoms with Gasteiger partial charge in [0.05, 0.1) is 11.0 Å². The SMILES string of the molecule is CCOC(CCNS(=O)(=O)c1ccc(C)cc1)c1cccc(Cl)c1. The van der Waals surface area contributed by atoms with E-state index in [9.17, 15) is 8.42 Å². The average molecular weight is 368 g/mol. The fourth-order valence-corrected chi connectivity index (χ4v) is 3.63. The lowest BCUT2D eigenvalue weighted by atomic mass is 10.1. The van der Waals surface area contributed by atoms with Crippen molar-refractivity contribution in [1.29, 1.82) is 0 Å². The average Bonchev–Trinajstić information content (AvgIpc) is 2.54. The maximum Gasteiger partial charge on any atom is 0.240 e. The Morgan fingerprint density at radius 2 is 1.88 bits per heavy atom. The van der Waals surface area contributed by atoms with E-state index in [-0.39, 0.29) is 17.5 Å². The molecule has 1 atom stereocenters. The summed E-state index contributed by atoms with van der Waals surface area (Å²) in [5, 5.41) is 0.637. The highest BCUT2D eigenvalue weighted by Crippen LogP contribution is 2.24. The minimum atomic E-state index is -3.51. The fourth-order valence-electron chi connectivity index (χ4n) is 2.38. The summed E-state index contributed by atoms with van der Waals surface area (Å²) in [7, 11) is -3.51. The van der Waals surface area contributed by atoms with Gasteiger partial charge >= 0.3 is 0 Å². The minimum absolute atomic E-state index is 0.200. The third kappa shape index (κ3) is 5.31. The molecule has 0 saturated carbocycles. The van der Waals surface area contributed by atoms with E-state index in [1.807, 2.05) is 32.0 Å². The predicted molar refractivity (Wildman–Crippen MR) is 96.8 cm³/mol. The van der Waals surface area contributed by atoms with Crippen LogP contribution in [0.3, 0.4) is 0 Å². The normalized spacial score (nSPS) is 13.0. The highest BCUT2D eigenvalue weighted by Gasteiger charge is 2.16. The molecule has 0 aliphatic carbocycles. The number of hydrogen-bond acceptors (Lipinski definition) is 3. The van der Waals surface area contributed by atoms with E-state index in [4.69, 9.17) is 16.3 Å². The van der Waals surface area contributed by atoms with E-state index < -0.39 is 10.0 Å². The molecule has 2 rings (SSSR count). The van der Waals surface area contributed by atoms with Crippen molar-refractivity contribution < 1.29 is 13.2 Å². The molecule has 0 bridgehead atoms. The number of halogens is 1. The van der Waals surface area contributed by atoms with Crippen molar-refractivity contribution in [3.8, 4) is 0 Å². The van der Waals surface area contributed by atoms with Crippen molar-refractivity contribution >= 4 is 21.6 Å². The Kier molecular flexibility index (Phi) is 6.80. The van der Waals surface area contributed by atoms with E-state index in [0.29, 0.717) is 18.1 Å². The summed E-state index contributed by atoms with van der Waals surface area (Å²) in [6, 6.07) is 14.2. The molecule has 2 aromatic rings. The molecule has 0 saturated heterocycles. The number of aryl methyl sites for hydroxylation is 1. The quantitative estimate of drug-likeness (QED) is 0.764. The summed E-state index contributed by atoms with van der Waals surface area (Å²) in [6.07, 6.45) is 0.327. The Balaban J connectivity index is 2.01. The third-order valence-electron chi connectivity index (χ3n) is 3.62. The number of sulfonamides is 1. The van der Waals surface area contributed by atoms with Crippen LogP contribution in [0.1, 0.15) is 30.6 Å². The number of benzene rings is 2. The second-order valence-electron chi connectivity index (χ2n) is 5.50. The molecule has 6 heteroatoms. The van der Waals surface area contributed by atoms with Crippen molar-refractivity contribution in [2.24, 2.45) is 0 Å². The van der Waals surface area contributed by atoms with Crippen LogP contribution in [0.2, 0.25) is 5.02 Å². The zero-order valence-corrected chi connectivity index (χ0v) is 15.4. The Morgan fingerprint density at radius 1 is 1.17 bits per heavy atom. The molecule has 0 amide bonds. The smallest absolute Gasteiger partial charge is 0.240 e. The van der Waals surface area contributed by atoms with Crippen molar-refractivity contribution in [3.05, 3.63) is 64.7 Å². The van der Waals surface area contributed by atoms with E-state index >= 15 is 0 Å². The largest absolute Gasteiger partial charge is 0.374 e. The minimum Gasteiger partial charge on any atom is -0.374 e. The Hall–Kier alpha value is -1.40. The number of ether oxygens (including phenoxy) is 1. The molecule has 24 heavy (non-hydrogen) atoms. The van der Waals surface area contributed by atoms with Crippen LogP contribution in [0.5, 0.6) is 0 Å². The lowest BCUT2D eigenvalue weighted by molar-refractivity contribution is 0.0574. The van der Waals surface area contributed by atoms with Gasteiger partial charge in [0, 0.05) is 18.2 Å². The van der Waals surface area contributed by atoms with E-state index in [0.717, 1.165) is 11.1 Å². The zero-order valence-electron chi connectivity index (χ0n) is 13.8. The van der Waals surface area contributed by atoms with Gasteiger partial charge < -0.3 is 4.74 Å². The molecular weight excluding hydrogens is 346 g/mol. The first-order valence-electron chi connectivity index (χ1n) is 7.86. The monoisotopic (exact) mass is 367 g/mol. The predicted octanol–water partition coefficient (Wildman–Crippen LogP) is 4.09. The number of rotatable bonds is 8. The van der Waals surface area contributed by atoms with Crippen LogP contribution in [0.15, 0.2) is 53.4 Å². The summed E-state index contributed by atoms with van der Waals surface area (Å²) in [5.41, 5.74) is 1.96. The van der Waals surface area contributed by atoms with Gasteiger partial charge in [-0.05, 0) is 50.1 Å². The molecule has 130 valence electrons. The van der Waals surface area contributed by atoms with Gasteiger partial charge in [0.25, 0.3) is 0 Å². The highest BCUT2D eigenvalue weighted by molar-refractivity contribution is 7.89. The lowest BCUT2D eigenvalue weighted by Gasteiger charge is -2.18. The molecule has 4 nitrogen and oxygen atoms in total. The summed E-state index contributed by atoms with van der Waals surface area (Å²) in [5.74, 6) is 0. The van der Waals surface area contributed by atoms with Crippen LogP contribution < -0.4 is 4.72 Å². The molecule has 0 heterocycles. The van der Waals surface area contributed by atoms with Gasteiger partial charge in [-0.25, -0.2) is 13.1 Å². The van der Waals surface area contributed by atoms with Crippen molar-refractivity contribution in [2.45, 2.75) is 31.3 Å². The van der Waals surface area contributed by atoms with Gasteiger partial charge in [-0.15, -0.1) is 0 Å². The molecule has 0 aliphatic rings. The molecule has 0 aliphatic heterocycles.